The fraction of sp³-hybridized carbons (Fsp3) is 0.286. The van der Waals surface area contributed by atoms with Crippen molar-refractivity contribution < 1.29 is 9.59 Å². The third-order valence-corrected chi connectivity index (χ3v) is 3.34. The van der Waals surface area contributed by atoms with E-state index in [-0.39, 0.29) is 11.7 Å². The molecule has 0 spiro atoms. The number of nitrogens with zero attached hydrogens (tertiary/aromatic N) is 1. The Hall–Kier alpha value is -2.10. The van der Waals surface area contributed by atoms with E-state index in [0.717, 1.165) is 35.0 Å². The Labute approximate surface area is 105 Å². The Kier molecular flexibility index (Phi) is 2.44. The van der Waals surface area contributed by atoms with Crippen molar-refractivity contribution in [1.82, 2.24) is 4.68 Å². The largest absolute Gasteiger partial charge is 0.294 e. The van der Waals surface area contributed by atoms with E-state index in [1.165, 1.54) is 6.92 Å². The average Bonchev–Trinajstić information content (AvgIpc) is 2.65. The van der Waals surface area contributed by atoms with Crippen molar-refractivity contribution in [1.29, 1.82) is 0 Å². The zero-order chi connectivity index (χ0) is 12.7. The van der Waals surface area contributed by atoms with E-state index < -0.39 is 0 Å². The number of para-hydroxylation sites is 1. The Balaban J connectivity index is 2.33. The molecule has 1 heterocycles. The second kappa shape index (κ2) is 3.98. The first kappa shape index (κ1) is 11.0. The van der Waals surface area contributed by atoms with Gasteiger partial charge in [0.05, 0.1) is 11.2 Å². The SMILES string of the molecule is CC(=O)Nn1c2c(c3ccccc31)C(=O)CCC2. The monoisotopic (exact) mass is 242 g/mol. The van der Waals surface area contributed by atoms with Gasteiger partial charge in [-0.3, -0.25) is 19.7 Å². The van der Waals surface area contributed by atoms with Gasteiger partial charge in [0.25, 0.3) is 0 Å². The zero-order valence-corrected chi connectivity index (χ0v) is 10.2. The number of ketones is 1. The fourth-order valence-electron chi connectivity index (χ4n) is 2.67. The summed E-state index contributed by atoms with van der Waals surface area (Å²) in [6.45, 7) is 1.48. The molecule has 1 amide bonds. The Morgan fingerprint density at radius 2 is 2.06 bits per heavy atom. The van der Waals surface area contributed by atoms with E-state index in [2.05, 4.69) is 5.43 Å². The van der Waals surface area contributed by atoms with Crippen molar-refractivity contribution in [3.8, 4) is 0 Å². The number of benzene rings is 1. The van der Waals surface area contributed by atoms with Crippen molar-refractivity contribution in [2.75, 3.05) is 5.43 Å². The quantitative estimate of drug-likeness (QED) is 0.833. The summed E-state index contributed by atoms with van der Waals surface area (Å²) in [6, 6.07) is 7.70. The number of nitrogens with one attached hydrogen (secondary N) is 1. The van der Waals surface area contributed by atoms with Gasteiger partial charge < -0.3 is 0 Å². The van der Waals surface area contributed by atoms with Gasteiger partial charge in [-0.2, -0.15) is 0 Å². The normalized spacial score (nSPS) is 14.6. The molecular formula is C14H14N2O2. The maximum atomic E-state index is 12.1. The molecule has 0 bridgehead atoms. The van der Waals surface area contributed by atoms with Gasteiger partial charge in [0, 0.05) is 24.3 Å². The van der Waals surface area contributed by atoms with Crippen molar-refractivity contribution in [3.05, 3.63) is 35.5 Å². The van der Waals surface area contributed by atoms with Gasteiger partial charge in [0.1, 0.15) is 0 Å². The average molecular weight is 242 g/mol. The predicted octanol–water partition coefficient (Wildman–Crippen LogP) is 2.25. The number of rotatable bonds is 1. The number of hydrogen-bond donors (Lipinski definition) is 1. The lowest BCUT2D eigenvalue weighted by molar-refractivity contribution is -0.115. The minimum absolute atomic E-state index is 0.128. The van der Waals surface area contributed by atoms with Crippen LogP contribution in [-0.2, 0) is 11.2 Å². The van der Waals surface area contributed by atoms with Gasteiger partial charge in [0.15, 0.2) is 5.78 Å². The molecule has 1 aromatic carbocycles. The Bertz CT molecular complexity index is 655. The van der Waals surface area contributed by atoms with E-state index in [1.54, 1.807) is 4.68 Å². The van der Waals surface area contributed by atoms with Gasteiger partial charge in [-0.1, -0.05) is 18.2 Å². The van der Waals surface area contributed by atoms with Crippen LogP contribution in [0.2, 0.25) is 0 Å². The molecule has 1 N–H and O–H groups in total. The van der Waals surface area contributed by atoms with Crippen LogP contribution in [0.5, 0.6) is 0 Å². The first-order chi connectivity index (χ1) is 8.68. The summed E-state index contributed by atoms with van der Waals surface area (Å²) in [5, 5.41) is 0.936. The highest BCUT2D eigenvalue weighted by molar-refractivity contribution is 6.10. The molecule has 0 atom stereocenters. The van der Waals surface area contributed by atoms with Gasteiger partial charge in [-0.25, -0.2) is 0 Å². The topological polar surface area (TPSA) is 51.1 Å². The van der Waals surface area contributed by atoms with Crippen molar-refractivity contribution in [3.63, 3.8) is 0 Å². The summed E-state index contributed by atoms with van der Waals surface area (Å²) in [4.78, 5) is 23.4. The number of carbonyl (C=O) groups excluding carboxylic acids is 2. The van der Waals surface area contributed by atoms with Crippen LogP contribution in [0.15, 0.2) is 24.3 Å². The Morgan fingerprint density at radius 1 is 1.28 bits per heavy atom. The van der Waals surface area contributed by atoms with Crippen molar-refractivity contribution in [2.24, 2.45) is 0 Å². The van der Waals surface area contributed by atoms with Crippen LogP contribution in [0.3, 0.4) is 0 Å². The lowest BCUT2D eigenvalue weighted by atomic mass is 9.94. The van der Waals surface area contributed by atoms with Crippen LogP contribution in [0.25, 0.3) is 10.9 Å². The maximum Gasteiger partial charge on any atom is 0.235 e. The molecule has 0 radical (unpaired) electrons. The first-order valence-corrected chi connectivity index (χ1v) is 6.11. The van der Waals surface area contributed by atoms with Gasteiger partial charge in [-0.15, -0.1) is 0 Å². The minimum atomic E-state index is -0.128. The van der Waals surface area contributed by atoms with Gasteiger partial charge in [-0.05, 0) is 18.9 Å². The summed E-state index contributed by atoms with van der Waals surface area (Å²) in [5.41, 5.74) is 5.41. The summed E-state index contributed by atoms with van der Waals surface area (Å²) in [7, 11) is 0. The molecule has 1 aromatic heterocycles. The molecule has 2 aromatic rings. The van der Waals surface area contributed by atoms with Crippen LogP contribution in [0, 0.1) is 0 Å². The van der Waals surface area contributed by atoms with Gasteiger partial charge >= 0.3 is 0 Å². The fourth-order valence-corrected chi connectivity index (χ4v) is 2.67. The van der Waals surface area contributed by atoms with E-state index in [9.17, 15) is 9.59 Å². The molecule has 0 fully saturated rings. The predicted molar refractivity (Wildman–Crippen MR) is 69.2 cm³/mol. The molecule has 0 unspecified atom stereocenters. The molecule has 0 saturated heterocycles. The lowest BCUT2D eigenvalue weighted by Crippen LogP contribution is -2.23. The molecule has 1 aliphatic rings. The molecule has 0 aliphatic heterocycles. The highest BCUT2D eigenvalue weighted by Gasteiger charge is 2.25. The number of hydrogen-bond acceptors (Lipinski definition) is 2. The molecule has 4 nitrogen and oxygen atoms in total. The van der Waals surface area contributed by atoms with Gasteiger partial charge in [0.2, 0.25) is 5.91 Å². The van der Waals surface area contributed by atoms with Crippen LogP contribution in [-0.4, -0.2) is 16.4 Å². The number of Topliss-reactive ketones (excluding diaryl/α,β-unsaturated/α-hetero) is 1. The van der Waals surface area contributed by atoms with E-state index in [4.69, 9.17) is 0 Å². The minimum Gasteiger partial charge on any atom is -0.294 e. The molecule has 92 valence electrons. The van der Waals surface area contributed by atoms with Crippen LogP contribution >= 0.6 is 0 Å². The number of carbonyl (C=O) groups is 2. The zero-order valence-electron chi connectivity index (χ0n) is 10.2. The smallest absolute Gasteiger partial charge is 0.235 e. The number of aromatic nitrogens is 1. The highest BCUT2D eigenvalue weighted by atomic mass is 16.2. The molecule has 18 heavy (non-hydrogen) atoms. The van der Waals surface area contributed by atoms with Crippen LogP contribution in [0.4, 0.5) is 0 Å². The van der Waals surface area contributed by atoms with Crippen molar-refractivity contribution >= 4 is 22.6 Å². The van der Waals surface area contributed by atoms with Crippen molar-refractivity contribution in [2.45, 2.75) is 26.2 Å². The third kappa shape index (κ3) is 1.53. The summed E-state index contributed by atoms with van der Waals surface area (Å²) < 4.78 is 1.77. The second-order valence-electron chi connectivity index (χ2n) is 4.62. The summed E-state index contributed by atoms with van der Waals surface area (Å²) in [5.74, 6) is 0.0492. The molecule has 4 heteroatoms. The second-order valence-corrected chi connectivity index (χ2v) is 4.62. The molecular weight excluding hydrogens is 228 g/mol. The van der Waals surface area contributed by atoms with Crippen LogP contribution < -0.4 is 5.43 Å². The molecule has 3 rings (SSSR count). The first-order valence-electron chi connectivity index (χ1n) is 6.11. The summed E-state index contributed by atoms with van der Waals surface area (Å²) >= 11 is 0. The molecule has 1 aliphatic carbocycles. The summed E-state index contributed by atoms with van der Waals surface area (Å²) in [6.07, 6.45) is 2.28. The molecule has 0 saturated carbocycles. The third-order valence-electron chi connectivity index (χ3n) is 3.34. The van der Waals surface area contributed by atoms with Crippen LogP contribution in [0.1, 0.15) is 35.8 Å². The Morgan fingerprint density at radius 3 is 2.83 bits per heavy atom. The number of fused-ring (bicyclic) bond motifs is 3. The number of amides is 1. The van der Waals surface area contributed by atoms with E-state index in [0.29, 0.717) is 6.42 Å². The lowest BCUT2D eigenvalue weighted by Gasteiger charge is -2.15. The van der Waals surface area contributed by atoms with E-state index in [1.807, 2.05) is 24.3 Å². The maximum absolute atomic E-state index is 12.1. The standard InChI is InChI=1S/C14H14N2O2/c1-9(17)15-16-11-6-3-2-5-10(11)14-12(16)7-4-8-13(14)18/h2-3,5-6H,4,7-8H2,1H3,(H,15,17). The highest BCUT2D eigenvalue weighted by Crippen LogP contribution is 2.31. The van der Waals surface area contributed by atoms with E-state index >= 15 is 0 Å².